The standard InChI is InChI=1S/C16H18N2O9S/c19-12-5-6-13(20)17(12)8-9-1-3-10(4-2-9)16(23)27-18-14(21)7-11(15(18)22)28(24,25)26/h5-6,9-11H,1-4,7-8H2,(H,24,25,26)/p-1/t9?,10?,11-/m0/s1. The van der Waals surface area contributed by atoms with Gasteiger partial charge in [0.05, 0.1) is 12.3 Å². The number of nitrogens with zero attached hydrogens (tertiary/aromatic N) is 2. The average molecular weight is 413 g/mol. The van der Waals surface area contributed by atoms with E-state index in [1.807, 2.05) is 0 Å². The Balaban J connectivity index is 1.52. The Morgan fingerprint density at radius 3 is 2.14 bits per heavy atom. The monoisotopic (exact) mass is 413 g/mol. The number of carbonyl (C=O) groups is 5. The molecular formula is C16H17N2O9S-. The van der Waals surface area contributed by atoms with E-state index in [0.717, 1.165) is 4.90 Å². The minimum Gasteiger partial charge on any atom is -0.747 e. The van der Waals surface area contributed by atoms with Crippen molar-refractivity contribution in [2.45, 2.75) is 37.4 Å². The summed E-state index contributed by atoms with van der Waals surface area (Å²) in [4.78, 5) is 64.9. The van der Waals surface area contributed by atoms with Crippen molar-refractivity contribution in [1.82, 2.24) is 9.96 Å². The third-order valence-corrected chi connectivity index (χ3v) is 6.18. The van der Waals surface area contributed by atoms with Crippen LogP contribution >= 0.6 is 0 Å². The van der Waals surface area contributed by atoms with Crippen LogP contribution in [0.5, 0.6) is 0 Å². The van der Waals surface area contributed by atoms with Crippen molar-refractivity contribution in [2.24, 2.45) is 11.8 Å². The first kappa shape index (κ1) is 20.1. The van der Waals surface area contributed by atoms with E-state index < -0.39 is 45.5 Å². The average Bonchev–Trinajstić information content (AvgIpc) is 3.09. The summed E-state index contributed by atoms with van der Waals surface area (Å²) in [5, 5.41) is -2.02. The van der Waals surface area contributed by atoms with E-state index in [0.29, 0.717) is 25.7 Å². The fraction of sp³-hybridized carbons (Fsp3) is 0.562. The maximum atomic E-state index is 12.2. The van der Waals surface area contributed by atoms with Crippen LogP contribution in [-0.2, 0) is 38.9 Å². The van der Waals surface area contributed by atoms with Crippen molar-refractivity contribution in [3.8, 4) is 0 Å². The Kier molecular flexibility index (Phi) is 5.35. The highest BCUT2D eigenvalue weighted by atomic mass is 32.2. The summed E-state index contributed by atoms with van der Waals surface area (Å²) in [6.07, 6.45) is 3.30. The molecule has 1 saturated heterocycles. The molecule has 4 amide bonds. The second kappa shape index (κ2) is 7.43. The van der Waals surface area contributed by atoms with Crippen LogP contribution < -0.4 is 0 Å². The smallest absolute Gasteiger partial charge is 0.336 e. The fourth-order valence-electron chi connectivity index (χ4n) is 3.52. The summed E-state index contributed by atoms with van der Waals surface area (Å²) in [6, 6.07) is 0. The molecule has 2 aliphatic heterocycles. The van der Waals surface area contributed by atoms with Gasteiger partial charge in [-0.25, -0.2) is 13.2 Å². The van der Waals surface area contributed by atoms with Crippen molar-refractivity contribution in [3.05, 3.63) is 12.2 Å². The number of carbonyl (C=O) groups excluding carboxylic acids is 5. The first-order valence-corrected chi connectivity index (χ1v) is 10.1. The van der Waals surface area contributed by atoms with Gasteiger partial charge in [-0.2, -0.15) is 0 Å². The molecule has 0 bridgehead atoms. The molecule has 1 saturated carbocycles. The molecule has 28 heavy (non-hydrogen) atoms. The summed E-state index contributed by atoms with van der Waals surface area (Å²) in [5.74, 6) is -4.64. The van der Waals surface area contributed by atoms with Crippen LogP contribution in [0.15, 0.2) is 12.2 Å². The van der Waals surface area contributed by atoms with Gasteiger partial charge in [-0.3, -0.25) is 24.1 Å². The minimum absolute atomic E-state index is 0.0156. The van der Waals surface area contributed by atoms with Crippen LogP contribution in [0, 0.1) is 11.8 Å². The van der Waals surface area contributed by atoms with E-state index in [1.54, 1.807) is 0 Å². The largest absolute Gasteiger partial charge is 0.747 e. The molecule has 0 radical (unpaired) electrons. The molecule has 2 fully saturated rings. The van der Waals surface area contributed by atoms with Crippen LogP contribution in [0.4, 0.5) is 0 Å². The predicted molar refractivity (Wildman–Crippen MR) is 87.4 cm³/mol. The maximum Gasteiger partial charge on any atom is 0.336 e. The normalized spacial score (nSPS) is 28.4. The van der Waals surface area contributed by atoms with Gasteiger partial charge < -0.3 is 9.39 Å². The molecule has 0 aromatic carbocycles. The first-order valence-electron chi connectivity index (χ1n) is 8.64. The van der Waals surface area contributed by atoms with E-state index in [9.17, 15) is 36.9 Å². The Hall–Kier alpha value is -2.60. The van der Waals surface area contributed by atoms with Gasteiger partial charge >= 0.3 is 5.97 Å². The number of imide groups is 2. The Labute approximate surface area is 160 Å². The van der Waals surface area contributed by atoms with Crippen molar-refractivity contribution >= 4 is 39.7 Å². The second-order valence-corrected chi connectivity index (χ2v) is 8.51. The Bertz CT molecular complexity index is 853. The molecule has 0 aromatic heterocycles. The quantitative estimate of drug-likeness (QED) is 0.400. The molecule has 1 atom stereocenters. The number of hydroxylamine groups is 2. The van der Waals surface area contributed by atoms with E-state index >= 15 is 0 Å². The van der Waals surface area contributed by atoms with Crippen LogP contribution in [0.25, 0.3) is 0 Å². The van der Waals surface area contributed by atoms with E-state index in [-0.39, 0.29) is 29.3 Å². The Morgan fingerprint density at radius 1 is 1.07 bits per heavy atom. The number of rotatable bonds is 5. The lowest BCUT2D eigenvalue weighted by atomic mass is 9.82. The molecule has 12 heteroatoms. The molecule has 3 rings (SSSR count). The third kappa shape index (κ3) is 3.97. The molecule has 152 valence electrons. The van der Waals surface area contributed by atoms with Crippen LogP contribution in [0.1, 0.15) is 32.1 Å². The van der Waals surface area contributed by atoms with Crippen LogP contribution in [0.2, 0.25) is 0 Å². The lowest BCUT2D eigenvalue weighted by molar-refractivity contribution is -0.201. The van der Waals surface area contributed by atoms with Crippen molar-refractivity contribution in [2.75, 3.05) is 6.54 Å². The van der Waals surface area contributed by atoms with Gasteiger partial charge in [-0.15, -0.1) is 5.06 Å². The number of hydrogen-bond donors (Lipinski definition) is 0. The zero-order valence-electron chi connectivity index (χ0n) is 14.6. The lowest BCUT2D eigenvalue weighted by Gasteiger charge is -2.29. The zero-order valence-corrected chi connectivity index (χ0v) is 15.4. The van der Waals surface area contributed by atoms with E-state index in [2.05, 4.69) is 0 Å². The van der Waals surface area contributed by atoms with Crippen LogP contribution in [-0.4, -0.2) is 64.3 Å². The van der Waals surface area contributed by atoms with Gasteiger partial charge in [0.15, 0.2) is 0 Å². The minimum atomic E-state index is -5.02. The van der Waals surface area contributed by atoms with Gasteiger partial charge in [0.1, 0.15) is 15.4 Å². The summed E-state index contributed by atoms with van der Waals surface area (Å²) in [6.45, 7) is 0.249. The maximum absolute atomic E-state index is 12.2. The highest BCUT2D eigenvalue weighted by molar-refractivity contribution is 7.87. The van der Waals surface area contributed by atoms with Gasteiger partial charge in [0, 0.05) is 18.7 Å². The summed E-state index contributed by atoms with van der Waals surface area (Å²) >= 11 is 0. The third-order valence-electron chi connectivity index (χ3n) is 5.11. The Morgan fingerprint density at radius 2 is 1.64 bits per heavy atom. The fourth-order valence-corrected chi connectivity index (χ4v) is 4.21. The highest BCUT2D eigenvalue weighted by Crippen LogP contribution is 2.31. The van der Waals surface area contributed by atoms with Crippen molar-refractivity contribution in [3.63, 3.8) is 0 Å². The first-order chi connectivity index (χ1) is 13.1. The molecule has 0 spiro atoms. The molecule has 3 aliphatic rings. The van der Waals surface area contributed by atoms with Gasteiger partial charge in [0.2, 0.25) is 0 Å². The molecular weight excluding hydrogens is 396 g/mol. The SMILES string of the molecule is O=C(ON1C(=O)C[C@H](S(=O)(=O)[O-])C1=O)C1CCC(CN2C(=O)C=CC2=O)CC1. The lowest BCUT2D eigenvalue weighted by Crippen LogP contribution is -2.40. The number of amides is 4. The molecule has 1 aliphatic carbocycles. The van der Waals surface area contributed by atoms with Crippen molar-refractivity contribution in [1.29, 1.82) is 0 Å². The summed E-state index contributed by atoms with van der Waals surface area (Å²) < 4.78 is 33.0. The molecule has 0 aromatic rings. The molecule has 0 N–H and O–H groups in total. The second-order valence-electron chi connectivity index (χ2n) is 6.96. The van der Waals surface area contributed by atoms with Crippen LogP contribution in [0.3, 0.4) is 0 Å². The number of hydrogen-bond acceptors (Lipinski definition) is 9. The van der Waals surface area contributed by atoms with Gasteiger partial charge in [-0.1, -0.05) is 0 Å². The highest BCUT2D eigenvalue weighted by Gasteiger charge is 2.46. The summed E-state index contributed by atoms with van der Waals surface area (Å²) in [5.41, 5.74) is 0. The van der Waals surface area contributed by atoms with Gasteiger partial charge in [-0.05, 0) is 31.6 Å². The van der Waals surface area contributed by atoms with E-state index in [4.69, 9.17) is 4.84 Å². The molecule has 0 unspecified atom stereocenters. The predicted octanol–water partition coefficient (Wildman–Crippen LogP) is -1.15. The molecule has 2 heterocycles. The zero-order chi connectivity index (χ0) is 20.6. The van der Waals surface area contributed by atoms with Crippen molar-refractivity contribution < 1.29 is 41.8 Å². The topological polar surface area (TPSA) is 158 Å². The van der Waals surface area contributed by atoms with Gasteiger partial charge in [0.25, 0.3) is 23.6 Å². The molecule has 11 nitrogen and oxygen atoms in total. The summed E-state index contributed by atoms with van der Waals surface area (Å²) in [7, 11) is -5.02. The van der Waals surface area contributed by atoms with E-state index in [1.165, 1.54) is 12.2 Å².